The van der Waals surface area contributed by atoms with Gasteiger partial charge in [-0.15, -0.1) is 0 Å². The third kappa shape index (κ3) is 6.33. The van der Waals surface area contributed by atoms with Gasteiger partial charge in [-0.05, 0) is 54.1 Å². The summed E-state index contributed by atoms with van der Waals surface area (Å²) in [7, 11) is 0. The van der Waals surface area contributed by atoms with Crippen molar-refractivity contribution in [3.8, 4) is 17.2 Å². The van der Waals surface area contributed by atoms with Crippen LogP contribution in [0.4, 0.5) is 14.5 Å². The van der Waals surface area contributed by atoms with Gasteiger partial charge in [0.15, 0.2) is 5.75 Å². The predicted octanol–water partition coefficient (Wildman–Crippen LogP) is 6.39. The molecule has 0 saturated heterocycles. The fourth-order valence-electron chi connectivity index (χ4n) is 2.41. The lowest BCUT2D eigenvalue weighted by atomic mass is 10.2. The van der Waals surface area contributed by atoms with Crippen LogP contribution in [0.3, 0.4) is 0 Å². The smallest absolute Gasteiger partial charge is 0.387 e. The highest BCUT2D eigenvalue weighted by Gasteiger charge is 2.09. The zero-order valence-corrected chi connectivity index (χ0v) is 15.8. The van der Waals surface area contributed by atoms with Crippen LogP contribution in [0.1, 0.15) is 5.56 Å². The van der Waals surface area contributed by atoms with Gasteiger partial charge in [-0.2, -0.15) is 8.78 Å². The zero-order chi connectivity index (χ0) is 20.6. The van der Waals surface area contributed by atoms with Crippen LogP contribution in [0.5, 0.6) is 17.2 Å². The van der Waals surface area contributed by atoms with E-state index < -0.39 is 12.5 Å². The highest BCUT2D eigenvalue weighted by atomic mass is 35.5. The van der Waals surface area contributed by atoms with Crippen molar-refractivity contribution in [2.45, 2.75) is 6.61 Å². The second-order valence-corrected chi connectivity index (χ2v) is 6.26. The van der Waals surface area contributed by atoms with Crippen LogP contribution in [0, 0.1) is 0 Å². The van der Waals surface area contributed by atoms with E-state index >= 15 is 0 Å². The lowest BCUT2D eigenvalue weighted by Crippen LogP contribution is -2.08. The molecule has 0 heterocycles. The molecule has 3 aromatic carbocycles. The maximum atomic E-state index is 12.3. The molecule has 0 aliphatic rings. The number of carbonyl (C=O) groups excluding carboxylic acids is 1. The second-order valence-electron chi connectivity index (χ2n) is 5.83. The van der Waals surface area contributed by atoms with Crippen molar-refractivity contribution in [1.29, 1.82) is 0 Å². The number of halogens is 3. The molecule has 0 aliphatic carbocycles. The molecule has 0 bridgehead atoms. The summed E-state index contributed by atoms with van der Waals surface area (Å²) >= 11 is 6.04. The van der Waals surface area contributed by atoms with Gasteiger partial charge in [0.05, 0.1) is 5.69 Å². The van der Waals surface area contributed by atoms with Crippen LogP contribution in [-0.2, 0) is 4.79 Å². The topological polar surface area (TPSA) is 47.6 Å². The minimum atomic E-state index is -2.88. The van der Waals surface area contributed by atoms with E-state index in [-0.39, 0.29) is 5.75 Å². The van der Waals surface area contributed by atoms with E-state index in [2.05, 4.69) is 10.1 Å². The molecule has 148 valence electrons. The molecule has 4 nitrogen and oxygen atoms in total. The van der Waals surface area contributed by atoms with Gasteiger partial charge in [0.1, 0.15) is 11.5 Å². The zero-order valence-electron chi connectivity index (χ0n) is 15.0. The SMILES string of the molecule is O=C(/C=C/c1ccc(OC(F)F)cc1)Nc1cc(Cl)ccc1Oc1ccccc1. The molecule has 29 heavy (non-hydrogen) atoms. The number of ether oxygens (including phenoxy) is 2. The molecule has 3 aromatic rings. The highest BCUT2D eigenvalue weighted by Crippen LogP contribution is 2.32. The Labute approximate surface area is 171 Å². The van der Waals surface area contributed by atoms with E-state index in [1.165, 1.54) is 18.2 Å². The molecule has 0 radical (unpaired) electrons. The third-order valence-electron chi connectivity index (χ3n) is 3.70. The Bertz CT molecular complexity index is 993. The third-order valence-corrected chi connectivity index (χ3v) is 3.94. The molecular formula is C22H16ClF2NO3. The number of nitrogens with one attached hydrogen (secondary N) is 1. The minimum Gasteiger partial charge on any atom is -0.455 e. The molecule has 7 heteroatoms. The first-order valence-electron chi connectivity index (χ1n) is 8.56. The summed E-state index contributed by atoms with van der Waals surface area (Å²) in [4.78, 5) is 12.3. The fourth-order valence-corrected chi connectivity index (χ4v) is 2.58. The molecule has 0 atom stereocenters. The first-order chi connectivity index (χ1) is 14.0. The van der Waals surface area contributed by atoms with Gasteiger partial charge < -0.3 is 14.8 Å². The molecule has 0 spiro atoms. The maximum Gasteiger partial charge on any atom is 0.387 e. The molecule has 0 aromatic heterocycles. The Kier molecular flexibility index (Phi) is 6.81. The quantitative estimate of drug-likeness (QED) is 0.455. The highest BCUT2D eigenvalue weighted by molar-refractivity contribution is 6.31. The Balaban J connectivity index is 1.68. The average Bonchev–Trinajstić information content (AvgIpc) is 2.70. The van der Waals surface area contributed by atoms with E-state index in [0.29, 0.717) is 27.8 Å². The van der Waals surface area contributed by atoms with Gasteiger partial charge in [0, 0.05) is 11.1 Å². The van der Waals surface area contributed by atoms with Crippen molar-refractivity contribution in [3.05, 3.63) is 89.5 Å². The summed E-state index contributed by atoms with van der Waals surface area (Å²) in [5.41, 5.74) is 1.06. The number of carbonyl (C=O) groups is 1. The normalized spacial score (nSPS) is 10.9. The van der Waals surface area contributed by atoms with Gasteiger partial charge in [0.25, 0.3) is 0 Å². The van der Waals surface area contributed by atoms with Crippen molar-refractivity contribution in [3.63, 3.8) is 0 Å². The standard InChI is InChI=1S/C22H16ClF2NO3/c23-16-9-12-20(28-17-4-2-1-3-5-17)19(14-16)26-21(27)13-8-15-6-10-18(11-7-15)29-22(24)25/h1-14,22H,(H,26,27)/b13-8+. The first-order valence-corrected chi connectivity index (χ1v) is 8.94. The van der Waals surface area contributed by atoms with Crippen molar-refractivity contribution in [2.75, 3.05) is 5.32 Å². The number of hydrogen-bond acceptors (Lipinski definition) is 3. The van der Waals surface area contributed by atoms with Crippen molar-refractivity contribution < 1.29 is 23.0 Å². The number of hydrogen-bond donors (Lipinski definition) is 1. The minimum absolute atomic E-state index is 0.0447. The molecule has 3 rings (SSSR count). The molecule has 1 amide bonds. The molecule has 0 fully saturated rings. The molecule has 0 saturated carbocycles. The summed E-state index contributed by atoms with van der Waals surface area (Å²) in [6, 6.07) is 20.0. The Morgan fingerprint density at radius 1 is 0.966 bits per heavy atom. The maximum absolute atomic E-state index is 12.3. The molecule has 1 N–H and O–H groups in total. The summed E-state index contributed by atoms with van der Waals surface area (Å²) in [5.74, 6) is 0.698. The number of rotatable bonds is 7. The van der Waals surface area contributed by atoms with Crippen molar-refractivity contribution >= 4 is 29.3 Å². The van der Waals surface area contributed by atoms with Crippen LogP contribution in [0.15, 0.2) is 78.9 Å². The summed E-state index contributed by atoms with van der Waals surface area (Å²) < 4.78 is 34.4. The van der Waals surface area contributed by atoms with Gasteiger partial charge in [-0.25, -0.2) is 0 Å². The van der Waals surface area contributed by atoms with E-state index in [1.807, 2.05) is 18.2 Å². The van der Waals surface area contributed by atoms with E-state index in [4.69, 9.17) is 16.3 Å². The molecular weight excluding hydrogens is 400 g/mol. The first kappa shape index (κ1) is 20.4. The van der Waals surface area contributed by atoms with Gasteiger partial charge in [-0.1, -0.05) is 41.9 Å². The average molecular weight is 416 g/mol. The summed E-state index contributed by atoms with van der Waals surface area (Å²) in [5, 5.41) is 3.16. The predicted molar refractivity (Wildman–Crippen MR) is 109 cm³/mol. The lowest BCUT2D eigenvalue weighted by Gasteiger charge is -2.12. The number of benzene rings is 3. The monoisotopic (exact) mass is 415 g/mol. The number of anilines is 1. The summed E-state index contributed by atoms with van der Waals surface area (Å²) in [6.07, 6.45) is 2.86. The van der Waals surface area contributed by atoms with Crippen LogP contribution in [0.25, 0.3) is 6.08 Å². The van der Waals surface area contributed by atoms with Crippen LogP contribution in [-0.4, -0.2) is 12.5 Å². The van der Waals surface area contributed by atoms with Crippen molar-refractivity contribution in [2.24, 2.45) is 0 Å². The molecule has 0 unspecified atom stereocenters. The van der Waals surface area contributed by atoms with Gasteiger partial charge >= 0.3 is 6.61 Å². The largest absolute Gasteiger partial charge is 0.455 e. The van der Waals surface area contributed by atoms with Gasteiger partial charge in [0.2, 0.25) is 5.91 Å². The van der Waals surface area contributed by atoms with E-state index in [1.54, 1.807) is 48.5 Å². The van der Waals surface area contributed by atoms with Crippen LogP contribution < -0.4 is 14.8 Å². The second kappa shape index (κ2) is 9.71. The Morgan fingerprint density at radius 2 is 1.69 bits per heavy atom. The van der Waals surface area contributed by atoms with Crippen LogP contribution in [0.2, 0.25) is 5.02 Å². The molecule has 0 aliphatic heterocycles. The van der Waals surface area contributed by atoms with E-state index in [0.717, 1.165) is 0 Å². The number of para-hydroxylation sites is 1. The van der Waals surface area contributed by atoms with Gasteiger partial charge in [-0.3, -0.25) is 4.79 Å². The Hall–Kier alpha value is -3.38. The van der Waals surface area contributed by atoms with Crippen LogP contribution >= 0.6 is 11.6 Å². The number of amides is 1. The van der Waals surface area contributed by atoms with Crippen molar-refractivity contribution in [1.82, 2.24) is 0 Å². The number of alkyl halides is 2. The van der Waals surface area contributed by atoms with E-state index in [9.17, 15) is 13.6 Å². The lowest BCUT2D eigenvalue weighted by molar-refractivity contribution is -0.111. The fraction of sp³-hybridized carbons (Fsp3) is 0.0455. The Morgan fingerprint density at radius 3 is 2.38 bits per heavy atom. The summed E-state index contributed by atoms with van der Waals surface area (Å²) in [6.45, 7) is -2.88.